The topological polar surface area (TPSA) is 79.4 Å². The SMILES string of the molecule is CS(=O)(=O)N[C@@H]1CCN(C(=O)C2CCC2)[C@@H]1Cc1csc(Br)n1. The highest BCUT2D eigenvalue weighted by atomic mass is 79.9. The van der Waals surface area contributed by atoms with Crippen LogP contribution in [0.2, 0.25) is 0 Å². The van der Waals surface area contributed by atoms with E-state index in [1.807, 2.05) is 10.3 Å². The van der Waals surface area contributed by atoms with E-state index in [4.69, 9.17) is 0 Å². The van der Waals surface area contributed by atoms with Gasteiger partial charge in [0.25, 0.3) is 0 Å². The number of amides is 1. The molecule has 2 heterocycles. The van der Waals surface area contributed by atoms with Crippen molar-refractivity contribution in [3.63, 3.8) is 0 Å². The van der Waals surface area contributed by atoms with Crippen LogP contribution in [-0.4, -0.2) is 49.1 Å². The van der Waals surface area contributed by atoms with Gasteiger partial charge in [-0.2, -0.15) is 0 Å². The average Bonchev–Trinajstić information content (AvgIpc) is 2.94. The number of carbonyl (C=O) groups excluding carboxylic acids is 1. The van der Waals surface area contributed by atoms with Crippen LogP contribution in [0.4, 0.5) is 0 Å². The molecule has 1 aliphatic heterocycles. The molecule has 2 aliphatic rings. The first-order valence-corrected chi connectivity index (χ1v) is 11.3. The molecular weight excluding hydrogens is 402 g/mol. The number of nitrogens with zero attached hydrogens (tertiary/aromatic N) is 2. The number of sulfonamides is 1. The first-order chi connectivity index (χ1) is 10.8. The molecular formula is C14H20BrN3O3S2. The Morgan fingerprint density at radius 2 is 2.22 bits per heavy atom. The van der Waals surface area contributed by atoms with Gasteiger partial charge in [-0.3, -0.25) is 4.79 Å². The number of rotatable bonds is 5. The smallest absolute Gasteiger partial charge is 0.225 e. The lowest BCUT2D eigenvalue weighted by molar-refractivity contribution is -0.139. The summed E-state index contributed by atoms with van der Waals surface area (Å²) in [6.45, 7) is 0.610. The van der Waals surface area contributed by atoms with Crippen LogP contribution in [0.1, 0.15) is 31.4 Å². The molecule has 6 nitrogen and oxygen atoms in total. The van der Waals surface area contributed by atoms with Crippen LogP contribution in [0.15, 0.2) is 9.30 Å². The standard InChI is InChI=1S/C14H20BrN3O3S2/c1-23(20,21)17-11-5-6-18(13(19)9-3-2-4-9)12(11)7-10-8-22-14(15)16-10/h8-9,11-12,17H,2-7H2,1H3/t11-,12-/m1/s1. The van der Waals surface area contributed by atoms with Gasteiger partial charge in [-0.15, -0.1) is 11.3 Å². The van der Waals surface area contributed by atoms with Gasteiger partial charge in [0.2, 0.25) is 15.9 Å². The van der Waals surface area contributed by atoms with Crippen molar-refractivity contribution in [3.05, 3.63) is 15.0 Å². The zero-order valence-corrected chi connectivity index (χ0v) is 16.1. The van der Waals surface area contributed by atoms with E-state index in [-0.39, 0.29) is 23.9 Å². The summed E-state index contributed by atoms with van der Waals surface area (Å²) in [5, 5.41) is 1.95. The Kier molecular flexibility index (Phi) is 5.10. The minimum absolute atomic E-state index is 0.122. The highest BCUT2D eigenvalue weighted by Crippen LogP contribution is 2.32. The third-order valence-corrected chi connectivity index (χ3v) is 6.74. The molecule has 23 heavy (non-hydrogen) atoms. The zero-order chi connectivity index (χ0) is 16.6. The number of halogens is 1. The summed E-state index contributed by atoms with van der Waals surface area (Å²) in [5.74, 6) is 0.296. The van der Waals surface area contributed by atoms with Gasteiger partial charge in [-0.1, -0.05) is 6.42 Å². The fourth-order valence-corrected chi connectivity index (χ4v) is 5.16. The van der Waals surface area contributed by atoms with E-state index < -0.39 is 10.0 Å². The zero-order valence-electron chi connectivity index (χ0n) is 12.9. The Labute approximate surface area is 148 Å². The number of aromatic nitrogens is 1. The second-order valence-electron chi connectivity index (χ2n) is 6.31. The van der Waals surface area contributed by atoms with E-state index in [0.717, 1.165) is 28.9 Å². The molecule has 2 fully saturated rings. The Bertz CT molecular complexity index is 687. The van der Waals surface area contributed by atoms with Gasteiger partial charge in [0.15, 0.2) is 3.92 Å². The highest BCUT2D eigenvalue weighted by molar-refractivity contribution is 9.11. The molecule has 0 unspecified atom stereocenters. The molecule has 1 N–H and O–H groups in total. The molecule has 0 spiro atoms. The summed E-state index contributed by atoms with van der Waals surface area (Å²) in [6, 6.07) is -0.402. The molecule has 1 aromatic heterocycles. The Balaban J connectivity index is 1.79. The highest BCUT2D eigenvalue weighted by Gasteiger charge is 2.41. The first-order valence-electron chi connectivity index (χ1n) is 7.71. The molecule has 1 amide bonds. The van der Waals surface area contributed by atoms with Gasteiger partial charge < -0.3 is 4.90 Å². The summed E-state index contributed by atoms with van der Waals surface area (Å²) in [6.07, 6.45) is 5.41. The third-order valence-electron chi connectivity index (χ3n) is 4.59. The predicted molar refractivity (Wildman–Crippen MR) is 92.7 cm³/mol. The van der Waals surface area contributed by atoms with Crippen molar-refractivity contribution < 1.29 is 13.2 Å². The van der Waals surface area contributed by atoms with E-state index >= 15 is 0 Å². The van der Waals surface area contributed by atoms with Crippen LogP contribution in [0, 0.1) is 5.92 Å². The molecule has 128 valence electrons. The van der Waals surface area contributed by atoms with Crippen LogP contribution < -0.4 is 4.72 Å². The third kappa shape index (κ3) is 4.12. The van der Waals surface area contributed by atoms with Crippen LogP contribution in [-0.2, 0) is 21.2 Å². The molecule has 1 saturated carbocycles. The number of nitrogens with one attached hydrogen (secondary N) is 1. The van der Waals surface area contributed by atoms with Crippen molar-refractivity contribution >= 4 is 43.2 Å². The van der Waals surface area contributed by atoms with E-state index in [9.17, 15) is 13.2 Å². The molecule has 9 heteroatoms. The Hall–Kier alpha value is -0.510. The van der Waals surface area contributed by atoms with Crippen LogP contribution in [0.3, 0.4) is 0 Å². The Morgan fingerprint density at radius 1 is 1.48 bits per heavy atom. The largest absolute Gasteiger partial charge is 0.337 e. The summed E-state index contributed by atoms with van der Waals surface area (Å²) in [7, 11) is -3.30. The molecule has 0 radical (unpaired) electrons. The number of thiazole rings is 1. The lowest BCUT2D eigenvalue weighted by atomic mass is 9.84. The average molecular weight is 422 g/mol. The second kappa shape index (κ2) is 6.78. The lowest BCUT2D eigenvalue weighted by Gasteiger charge is -2.34. The van der Waals surface area contributed by atoms with Gasteiger partial charge in [-0.25, -0.2) is 18.1 Å². The maximum absolute atomic E-state index is 12.7. The van der Waals surface area contributed by atoms with E-state index in [1.54, 1.807) is 0 Å². The minimum atomic E-state index is -3.30. The number of hydrogen-bond donors (Lipinski definition) is 1. The lowest BCUT2D eigenvalue weighted by Crippen LogP contribution is -2.49. The number of likely N-dealkylation sites (tertiary alicyclic amines) is 1. The van der Waals surface area contributed by atoms with Gasteiger partial charge in [0.05, 0.1) is 18.0 Å². The molecule has 0 aromatic carbocycles. The maximum atomic E-state index is 12.7. The van der Waals surface area contributed by atoms with Crippen LogP contribution in [0.25, 0.3) is 0 Å². The van der Waals surface area contributed by atoms with E-state index in [2.05, 4.69) is 25.6 Å². The number of hydrogen-bond acceptors (Lipinski definition) is 5. The predicted octanol–water partition coefficient (Wildman–Crippen LogP) is 1.77. The fraction of sp³-hybridized carbons (Fsp3) is 0.714. The summed E-state index contributed by atoms with van der Waals surface area (Å²) in [4.78, 5) is 18.9. The second-order valence-corrected chi connectivity index (χ2v) is 10.2. The molecule has 1 saturated heterocycles. The van der Waals surface area contributed by atoms with Gasteiger partial charge >= 0.3 is 0 Å². The van der Waals surface area contributed by atoms with E-state index in [0.29, 0.717) is 19.4 Å². The molecule has 1 aromatic rings. The number of carbonyl (C=O) groups is 1. The van der Waals surface area contributed by atoms with Gasteiger partial charge in [0, 0.05) is 30.3 Å². The van der Waals surface area contributed by atoms with Crippen molar-refractivity contribution in [3.8, 4) is 0 Å². The summed E-state index contributed by atoms with van der Waals surface area (Å²) in [5.41, 5.74) is 0.889. The molecule has 0 bridgehead atoms. The molecule has 3 rings (SSSR count). The van der Waals surface area contributed by atoms with Crippen molar-refractivity contribution in [2.75, 3.05) is 12.8 Å². The fourth-order valence-electron chi connectivity index (χ4n) is 3.27. The first kappa shape index (κ1) is 17.3. The van der Waals surface area contributed by atoms with Gasteiger partial charge in [0.1, 0.15) is 0 Å². The quantitative estimate of drug-likeness (QED) is 0.785. The Morgan fingerprint density at radius 3 is 2.74 bits per heavy atom. The van der Waals surface area contributed by atoms with Crippen molar-refractivity contribution in [2.45, 2.75) is 44.2 Å². The van der Waals surface area contributed by atoms with Crippen molar-refractivity contribution in [1.82, 2.24) is 14.6 Å². The molecule has 1 aliphatic carbocycles. The van der Waals surface area contributed by atoms with Gasteiger partial charge in [-0.05, 0) is 35.2 Å². The van der Waals surface area contributed by atoms with Crippen LogP contribution in [0.5, 0.6) is 0 Å². The summed E-state index contributed by atoms with van der Waals surface area (Å²) >= 11 is 4.85. The maximum Gasteiger partial charge on any atom is 0.225 e. The normalized spacial score (nSPS) is 25.6. The summed E-state index contributed by atoms with van der Waals surface area (Å²) < 4.78 is 26.8. The van der Waals surface area contributed by atoms with Crippen LogP contribution >= 0.6 is 27.3 Å². The van der Waals surface area contributed by atoms with E-state index in [1.165, 1.54) is 17.6 Å². The van der Waals surface area contributed by atoms with Crippen molar-refractivity contribution in [2.24, 2.45) is 5.92 Å². The minimum Gasteiger partial charge on any atom is -0.337 e. The van der Waals surface area contributed by atoms with Crippen molar-refractivity contribution in [1.29, 1.82) is 0 Å². The monoisotopic (exact) mass is 421 g/mol. The molecule has 2 atom stereocenters.